The lowest BCUT2D eigenvalue weighted by atomic mass is 10.5. The van der Waals surface area contributed by atoms with Gasteiger partial charge in [0.05, 0.1) is 0 Å². The van der Waals surface area contributed by atoms with Crippen LogP contribution in [0.5, 0.6) is 0 Å². The molecule has 0 aliphatic rings. The summed E-state index contributed by atoms with van der Waals surface area (Å²) < 4.78 is 2.14. The van der Waals surface area contributed by atoms with Crippen molar-refractivity contribution in [2.45, 2.75) is 13.8 Å². The summed E-state index contributed by atoms with van der Waals surface area (Å²) in [6.07, 6.45) is 2.05. The molecule has 0 spiro atoms. The van der Waals surface area contributed by atoms with E-state index in [1.807, 2.05) is 6.92 Å². The standard InChI is InChI=1S/C6H13NS/c1-5-7(8-4)6(2)3/h2,5H2,1,3-4H3. The Morgan fingerprint density at radius 2 is 2.25 bits per heavy atom. The Labute approximate surface area is 55.9 Å². The molecule has 0 atom stereocenters. The molecule has 0 saturated carbocycles. The van der Waals surface area contributed by atoms with Gasteiger partial charge in [-0.15, -0.1) is 0 Å². The predicted octanol–water partition coefficient (Wildman–Crippen LogP) is 2.12. The first-order valence-electron chi connectivity index (χ1n) is 2.69. The molecule has 0 rings (SSSR count). The van der Waals surface area contributed by atoms with Crippen LogP contribution in [0.4, 0.5) is 0 Å². The quantitative estimate of drug-likeness (QED) is 0.540. The molecular formula is C6H13NS. The maximum Gasteiger partial charge on any atom is 0.0263 e. The molecule has 0 heterocycles. The average molecular weight is 131 g/mol. The summed E-state index contributed by atoms with van der Waals surface area (Å²) in [5.41, 5.74) is 1.12. The van der Waals surface area contributed by atoms with Crippen LogP contribution in [0.25, 0.3) is 0 Å². The Morgan fingerprint density at radius 1 is 1.75 bits per heavy atom. The van der Waals surface area contributed by atoms with Crippen molar-refractivity contribution < 1.29 is 0 Å². The van der Waals surface area contributed by atoms with Crippen LogP contribution in [0, 0.1) is 0 Å². The highest BCUT2D eigenvalue weighted by Crippen LogP contribution is 2.10. The van der Waals surface area contributed by atoms with E-state index in [0.717, 1.165) is 12.2 Å². The molecule has 0 aromatic heterocycles. The summed E-state index contributed by atoms with van der Waals surface area (Å²) >= 11 is 1.71. The highest BCUT2D eigenvalue weighted by molar-refractivity contribution is 7.96. The van der Waals surface area contributed by atoms with Crippen LogP contribution >= 0.6 is 11.9 Å². The number of allylic oxidation sites excluding steroid dienone is 1. The molecule has 0 fully saturated rings. The van der Waals surface area contributed by atoms with Gasteiger partial charge in [0.2, 0.25) is 0 Å². The van der Waals surface area contributed by atoms with Gasteiger partial charge in [-0.3, -0.25) is 0 Å². The minimum absolute atomic E-state index is 1.04. The van der Waals surface area contributed by atoms with E-state index in [9.17, 15) is 0 Å². The van der Waals surface area contributed by atoms with Crippen molar-refractivity contribution in [2.75, 3.05) is 12.8 Å². The Hall–Kier alpha value is -0.110. The lowest BCUT2D eigenvalue weighted by Gasteiger charge is -2.17. The van der Waals surface area contributed by atoms with E-state index in [1.165, 1.54) is 0 Å². The summed E-state index contributed by atoms with van der Waals surface area (Å²) in [6, 6.07) is 0. The molecule has 1 nitrogen and oxygen atoms in total. The van der Waals surface area contributed by atoms with Crippen LogP contribution in [0.15, 0.2) is 12.3 Å². The van der Waals surface area contributed by atoms with E-state index in [1.54, 1.807) is 11.9 Å². The third kappa shape index (κ3) is 2.26. The molecular weight excluding hydrogens is 118 g/mol. The van der Waals surface area contributed by atoms with Crippen molar-refractivity contribution in [3.63, 3.8) is 0 Å². The maximum absolute atomic E-state index is 3.80. The minimum atomic E-state index is 1.04. The zero-order valence-electron chi connectivity index (χ0n) is 5.77. The van der Waals surface area contributed by atoms with Gasteiger partial charge in [-0.1, -0.05) is 18.5 Å². The Kier molecular flexibility index (Phi) is 3.79. The first kappa shape index (κ1) is 7.89. The molecule has 0 radical (unpaired) electrons. The van der Waals surface area contributed by atoms with Crippen molar-refractivity contribution in [2.24, 2.45) is 0 Å². The Balaban J connectivity index is 3.52. The van der Waals surface area contributed by atoms with E-state index in [2.05, 4.69) is 24.1 Å². The predicted molar refractivity (Wildman–Crippen MR) is 40.7 cm³/mol. The Morgan fingerprint density at radius 3 is 2.25 bits per heavy atom. The topological polar surface area (TPSA) is 3.24 Å². The summed E-state index contributed by atoms with van der Waals surface area (Å²) in [5.74, 6) is 0. The molecule has 0 aliphatic carbocycles. The highest BCUT2D eigenvalue weighted by Gasteiger charge is 1.94. The molecule has 0 N–H and O–H groups in total. The molecule has 0 saturated heterocycles. The second kappa shape index (κ2) is 3.84. The fraction of sp³-hybridized carbons (Fsp3) is 0.667. The smallest absolute Gasteiger partial charge is 0.0263 e. The zero-order valence-corrected chi connectivity index (χ0v) is 6.59. The van der Waals surface area contributed by atoms with Crippen molar-refractivity contribution >= 4 is 11.9 Å². The highest BCUT2D eigenvalue weighted by atomic mass is 32.2. The van der Waals surface area contributed by atoms with E-state index >= 15 is 0 Å². The third-order valence-corrected chi connectivity index (χ3v) is 1.94. The monoisotopic (exact) mass is 131 g/mol. The van der Waals surface area contributed by atoms with Gasteiger partial charge in [0, 0.05) is 18.5 Å². The summed E-state index contributed by atoms with van der Waals surface area (Å²) in [7, 11) is 0. The van der Waals surface area contributed by atoms with Crippen LogP contribution in [-0.4, -0.2) is 17.1 Å². The number of hydrogen-bond acceptors (Lipinski definition) is 2. The molecule has 0 amide bonds. The molecule has 0 aromatic rings. The minimum Gasteiger partial charge on any atom is -0.321 e. The first-order valence-corrected chi connectivity index (χ1v) is 3.87. The summed E-state index contributed by atoms with van der Waals surface area (Å²) in [5, 5.41) is 0. The summed E-state index contributed by atoms with van der Waals surface area (Å²) in [4.78, 5) is 0. The van der Waals surface area contributed by atoms with Crippen molar-refractivity contribution in [1.29, 1.82) is 0 Å². The zero-order chi connectivity index (χ0) is 6.57. The number of rotatable bonds is 3. The van der Waals surface area contributed by atoms with Crippen molar-refractivity contribution in [1.82, 2.24) is 4.31 Å². The van der Waals surface area contributed by atoms with Gasteiger partial charge < -0.3 is 4.31 Å². The van der Waals surface area contributed by atoms with Crippen LogP contribution < -0.4 is 0 Å². The average Bonchev–Trinajstić information content (AvgIpc) is 1.69. The van der Waals surface area contributed by atoms with Gasteiger partial charge in [0.1, 0.15) is 0 Å². The molecule has 0 unspecified atom stereocenters. The SMILES string of the molecule is C=C(C)N(CC)SC. The maximum atomic E-state index is 3.80. The van der Waals surface area contributed by atoms with E-state index < -0.39 is 0 Å². The lowest BCUT2D eigenvalue weighted by molar-refractivity contribution is 0.612. The second-order valence-electron chi connectivity index (χ2n) is 1.61. The normalized spacial score (nSPS) is 8.88. The van der Waals surface area contributed by atoms with Crippen LogP contribution in [0.1, 0.15) is 13.8 Å². The van der Waals surface area contributed by atoms with Gasteiger partial charge in [0.25, 0.3) is 0 Å². The fourth-order valence-electron chi connectivity index (χ4n) is 0.555. The molecule has 48 valence electrons. The molecule has 0 aliphatic heterocycles. The van der Waals surface area contributed by atoms with Crippen LogP contribution in [-0.2, 0) is 0 Å². The van der Waals surface area contributed by atoms with Gasteiger partial charge in [-0.25, -0.2) is 0 Å². The van der Waals surface area contributed by atoms with Gasteiger partial charge in [-0.05, 0) is 13.8 Å². The van der Waals surface area contributed by atoms with Crippen LogP contribution in [0.3, 0.4) is 0 Å². The number of nitrogens with zero attached hydrogens (tertiary/aromatic N) is 1. The van der Waals surface area contributed by atoms with Gasteiger partial charge >= 0.3 is 0 Å². The third-order valence-electron chi connectivity index (χ3n) is 0.933. The molecule has 0 bridgehead atoms. The van der Waals surface area contributed by atoms with E-state index in [0.29, 0.717) is 0 Å². The molecule has 2 heteroatoms. The van der Waals surface area contributed by atoms with E-state index in [-0.39, 0.29) is 0 Å². The largest absolute Gasteiger partial charge is 0.321 e. The van der Waals surface area contributed by atoms with Gasteiger partial charge in [-0.2, -0.15) is 0 Å². The first-order chi connectivity index (χ1) is 3.72. The molecule has 8 heavy (non-hydrogen) atoms. The van der Waals surface area contributed by atoms with E-state index in [4.69, 9.17) is 0 Å². The Bertz CT molecular complexity index is 76.6. The van der Waals surface area contributed by atoms with Crippen LogP contribution in [0.2, 0.25) is 0 Å². The van der Waals surface area contributed by atoms with Gasteiger partial charge in [0.15, 0.2) is 0 Å². The summed E-state index contributed by atoms with van der Waals surface area (Å²) in [6.45, 7) is 8.97. The lowest BCUT2D eigenvalue weighted by Crippen LogP contribution is -2.09. The fourth-order valence-corrected chi connectivity index (χ4v) is 1.12. The number of hydrogen-bond donors (Lipinski definition) is 0. The van der Waals surface area contributed by atoms with Crippen molar-refractivity contribution in [3.8, 4) is 0 Å². The second-order valence-corrected chi connectivity index (χ2v) is 2.42. The van der Waals surface area contributed by atoms with Crippen molar-refractivity contribution in [3.05, 3.63) is 12.3 Å². The molecule has 0 aromatic carbocycles.